The zero-order valence-corrected chi connectivity index (χ0v) is 17.3. The van der Waals surface area contributed by atoms with Crippen molar-refractivity contribution in [2.45, 2.75) is 13.0 Å². The second-order valence-electron chi connectivity index (χ2n) is 7.98. The van der Waals surface area contributed by atoms with Gasteiger partial charge in [-0.1, -0.05) is 54.6 Å². The SMILES string of the molecule is C[C@H](NC(=O)C[NH+]1CCN(C(=O)c2ccccc2)CC1)c1ccc2ccccc2c1. The molecule has 0 unspecified atom stereocenters. The quantitative estimate of drug-likeness (QED) is 0.686. The maximum absolute atomic E-state index is 12.6. The largest absolute Gasteiger partial charge is 0.345 e. The van der Waals surface area contributed by atoms with Gasteiger partial charge in [-0.15, -0.1) is 0 Å². The van der Waals surface area contributed by atoms with Crippen molar-refractivity contribution in [2.75, 3.05) is 32.7 Å². The first kappa shape index (κ1) is 20.1. The molecular weight excluding hydrogens is 374 g/mol. The smallest absolute Gasteiger partial charge is 0.275 e. The molecule has 1 aliphatic heterocycles. The number of carbonyl (C=O) groups excluding carboxylic acids is 2. The van der Waals surface area contributed by atoms with Gasteiger partial charge in [-0.2, -0.15) is 0 Å². The number of nitrogens with one attached hydrogen (secondary N) is 2. The van der Waals surface area contributed by atoms with Crippen LogP contribution in [0.1, 0.15) is 28.9 Å². The van der Waals surface area contributed by atoms with Gasteiger partial charge < -0.3 is 15.1 Å². The lowest BCUT2D eigenvalue weighted by Gasteiger charge is -2.32. The van der Waals surface area contributed by atoms with Crippen LogP contribution in [0.3, 0.4) is 0 Å². The molecule has 0 aliphatic carbocycles. The predicted molar refractivity (Wildman–Crippen MR) is 118 cm³/mol. The number of rotatable bonds is 5. The molecular formula is C25H28N3O2+. The Hall–Kier alpha value is -3.18. The van der Waals surface area contributed by atoms with E-state index in [-0.39, 0.29) is 17.9 Å². The Morgan fingerprint density at radius 3 is 2.33 bits per heavy atom. The third-order valence-electron chi connectivity index (χ3n) is 5.84. The van der Waals surface area contributed by atoms with Gasteiger partial charge in [0.1, 0.15) is 0 Å². The van der Waals surface area contributed by atoms with E-state index in [1.165, 1.54) is 15.7 Å². The number of hydrogen-bond donors (Lipinski definition) is 2. The standard InChI is InChI=1S/C25H27N3O2/c1-19(22-12-11-20-7-5-6-10-23(20)17-22)26-24(29)18-27-13-15-28(16-14-27)25(30)21-8-3-2-4-9-21/h2-12,17,19H,13-16,18H2,1H3,(H,26,29)/p+1/t19-/m0/s1. The molecule has 1 heterocycles. The third kappa shape index (κ3) is 4.69. The third-order valence-corrected chi connectivity index (χ3v) is 5.84. The first-order chi connectivity index (χ1) is 14.6. The highest BCUT2D eigenvalue weighted by Crippen LogP contribution is 2.20. The van der Waals surface area contributed by atoms with Gasteiger partial charge in [-0.3, -0.25) is 9.59 Å². The summed E-state index contributed by atoms with van der Waals surface area (Å²) in [7, 11) is 0. The number of fused-ring (bicyclic) bond motifs is 1. The number of benzene rings is 3. The number of quaternary nitrogens is 1. The number of nitrogens with zero attached hydrogens (tertiary/aromatic N) is 1. The van der Waals surface area contributed by atoms with Crippen molar-refractivity contribution in [1.29, 1.82) is 0 Å². The molecule has 2 N–H and O–H groups in total. The van der Waals surface area contributed by atoms with E-state index in [4.69, 9.17) is 0 Å². The van der Waals surface area contributed by atoms with Crippen molar-refractivity contribution in [1.82, 2.24) is 10.2 Å². The molecule has 5 nitrogen and oxygen atoms in total. The Bertz CT molecular complexity index is 1030. The van der Waals surface area contributed by atoms with Crippen LogP contribution in [-0.4, -0.2) is 49.4 Å². The van der Waals surface area contributed by atoms with Crippen molar-refractivity contribution in [2.24, 2.45) is 0 Å². The summed E-state index contributed by atoms with van der Waals surface area (Å²) in [5.74, 6) is 0.123. The topological polar surface area (TPSA) is 53.9 Å². The summed E-state index contributed by atoms with van der Waals surface area (Å²) in [5, 5.41) is 5.51. The predicted octanol–water partition coefficient (Wildman–Crippen LogP) is 2.06. The fourth-order valence-electron chi connectivity index (χ4n) is 4.05. The molecule has 1 saturated heterocycles. The Morgan fingerprint density at radius 1 is 0.933 bits per heavy atom. The zero-order chi connectivity index (χ0) is 20.9. The summed E-state index contributed by atoms with van der Waals surface area (Å²) in [6, 6.07) is 23.9. The summed E-state index contributed by atoms with van der Waals surface area (Å²) in [4.78, 5) is 28.2. The van der Waals surface area contributed by atoms with Crippen LogP contribution < -0.4 is 10.2 Å². The van der Waals surface area contributed by atoms with Crippen molar-refractivity contribution in [3.63, 3.8) is 0 Å². The molecule has 3 aromatic rings. The van der Waals surface area contributed by atoms with Gasteiger partial charge >= 0.3 is 0 Å². The Labute approximate surface area is 177 Å². The molecule has 1 aliphatic rings. The van der Waals surface area contributed by atoms with Gasteiger partial charge in [0.2, 0.25) is 0 Å². The summed E-state index contributed by atoms with van der Waals surface area (Å²) in [6.45, 7) is 5.39. The lowest BCUT2D eigenvalue weighted by Crippen LogP contribution is -3.15. The molecule has 154 valence electrons. The first-order valence-corrected chi connectivity index (χ1v) is 10.6. The van der Waals surface area contributed by atoms with Crippen molar-refractivity contribution in [3.05, 3.63) is 83.9 Å². The normalized spacial score (nSPS) is 15.7. The van der Waals surface area contributed by atoms with E-state index in [2.05, 4.69) is 35.6 Å². The minimum Gasteiger partial charge on any atom is -0.345 e. The Balaban J connectivity index is 1.27. The molecule has 0 saturated carbocycles. The van der Waals surface area contributed by atoms with Crippen LogP contribution >= 0.6 is 0 Å². The van der Waals surface area contributed by atoms with E-state index < -0.39 is 0 Å². The second kappa shape index (κ2) is 9.09. The highest BCUT2D eigenvalue weighted by molar-refractivity contribution is 5.94. The van der Waals surface area contributed by atoms with E-state index in [0.29, 0.717) is 19.6 Å². The van der Waals surface area contributed by atoms with E-state index >= 15 is 0 Å². The van der Waals surface area contributed by atoms with Crippen LogP contribution in [0, 0.1) is 0 Å². The fraction of sp³-hybridized carbons (Fsp3) is 0.280. The zero-order valence-electron chi connectivity index (χ0n) is 17.3. The van der Waals surface area contributed by atoms with E-state index in [0.717, 1.165) is 24.2 Å². The molecule has 1 fully saturated rings. The maximum atomic E-state index is 12.6. The molecule has 4 rings (SSSR count). The lowest BCUT2D eigenvalue weighted by molar-refractivity contribution is -0.896. The molecule has 0 bridgehead atoms. The maximum Gasteiger partial charge on any atom is 0.275 e. The summed E-state index contributed by atoms with van der Waals surface area (Å²) in [5.41, 5.74) is 1.83. The van der Waals surface area contributed by atoms with Crippen LogP contribution in [0.4, 0.5) is 0 Å². The van der Waals surface area contributed by atoms with Crippen LogP contribution in [0.5, 0.6) is 0 Å². The monoisotopic (exact) mass is 402 g/mol. The van der Waals surface area contributed by atoms with E-state index in [1.807, 2.05) is 54.3 Å². The highest BCUT2D eigenvalue weighted by Gasteiger charge is 2.26. The fourth-order valence-corrected chi connectivity index (χ4v) is 4.05. The van der Waals surface area contributed by atoms with Gasteiger partial charge in [0.15, 0.2) is 6.54 Å². The van der Waals surface area contributed by atoms with Gasteiger partial charge in [-0.05, 0) is 41.5 Å². The molecule has 0 spiro atoms. The summed E-state index contributed by atoms with van der Waals surface area (Å²) in [6.07, 6.45) is 0. The molecule has 5 heteroatoms. The average molecular weight is 403 g/mol. The second-order valence-corrected chi connectivity index (χ2v) is 7.98. The van der Waals surface area contributed by atoms with Gasteiger partial charge in [0.05, 0.1) is 32.2 Å². The van der Waals surface area contributed by atoms with Crippen molar-refractivity contribution in [3.8, 4) is 0 Å². The van der Waals surface area contributed by atoms with Crippen molar-refractivity contribution >= 4 is 22.6 Å². The van der Waals surface area contributed by atoms with Gasteiger partial charge in [-0.25, -0.2) is 0 Å². The number of amides is 2. The summed E-state index contributed by atoms with van der Waals surface area (Å²) < 4.78 is 0. The van der Waals surface area contributed by atoms with Crippen molar-refractivity contribution < 1.29 is 14.5 Å². The number of piperazine rings is 1. The number of hydrogen-bond acceptors (Lipinski definition) is 2. The molecule has 0 aromatic heterocycles. The lowest BCUT2D eigenvalue weighted by atomic mass is 10.0. The Kier molecular flexibility index (Phi) is 6.10. The average Bonchev–Trinajstić information content (AvgIpc) is 2.79. The number of carbonyl (C=O) groups is 2. The first-order valence-electron chi connectivity index (χ1n) is 10.6. The van der Waals surface area contributed by atoms with Crippen LogP contribution in [0.25, 0.3) is 10.8 Å². The minimum atomic E-state index is -0.0394. The highest BCUT2D eigenvalue weighted by atomic mass is 16.2. The van der Waals surface area contributed by atoms with E-state index in [1.54, 1.807) is 0 Å². The van der Waals surface area contributed by atoms with Crippen LogP contribution in [0.2, 0.25) is 0 Å². The van der Waals surface area contributed by atoms with Gasteiger partial charge in [0.25, 0.3) is 11.8 Å². The summed E-state index contributed by atoms with van der Waals surface area (Å²) >= 11 is 0. The molecule has 2 amide bonds. The molecule has 30 heavy (non-hydrogen) atoms. The minimum absolute atomic E-state index is 0.0394. The Morgan fingerprint density at radius 2 is 1.60 bits per heavy atom. The molecule has 3 aromatic carbocycles. The molecule has 1 atom stereocenters. The van der Waals surface area contributed by atoms with Crippen LogP contribution in [-0.2, 0) is 4.79 Å². The van der Waals surface area contributed by atoms with Crippen LogP contribution in [0.15, 0.2) is 72.8 Å². The molecule has 0 radical (unpaired) electrons. The van der Waals surface area contributed by atoms with Gasteiger partial charge in [0, 0.05) is 5.56 Å². The van der Waals surface area contributed by atoms with E-state index in [9.17, 15) is 9.59 Å².